The molecule has 3 aromatic rings. The first kappa shape index (κ1) is 14.4. The SMILES string of the molecule is CCc1cc(Cl)ccc1N1CCCn2c1nc1cccc(N)c12. The fraction of sp³-hybridized carbons (Fsp3) is 0.278. The molecular weight excluding hydrogens is 308 g/mol. The van der Waals surface area contributed by atoms with Crippen LogP contribution in [-0.2, 0) is 13.0 Å². The summed E-state index contributed by atoms with van der Waals surface area (Å²) in [5, 5.41) is 0.778. The average Bonchev–Trinajstić information content (AvgIpc) is 2.94. The molecule has 0 bridgehead atoms. The molecule has 0 fully saturated rings. The Labute approximate surface area is 140 Å². The zero-order chi connectivity index (χ0) is 16.0. The van der Waals surface area contributed by atoms with Crippen LogP contribution in [0.5, 0.6) is 0 Å². The number of hydrogen-bond donors (Lipinski definition) is 1. The Morgan fingerprint density at radius 3 is 2.91 bits per heavy atom. The molecule has 1 aliphatic heterocycles. The first-order chi connectivity index (χ1) is 11.2. The van der Waals surface area contributed by atoms with Gasteiger partial charge >= 0.3 is 0 Å². The molecule has 4 nitrogen and oxygen atoms in total. The molecule has 1 aromatic heterocycles. The lowest BCUT2D eigenvalue weighted by atomic mass is 10.1. The third-order valence-electron chi connectivity index (χ3n) is 4.50. The van der Waals surface area contributed by atoms with E-state index in [1.165, 1.54) is 11.3 Å². The Bertz CT molecular complexity index is 884. The monoisotopic (exact) mass is 326 g/mol. The normalized spacial score (nSPS) is 14.3. The molecule has 0 radical (unpaired) electrons. The van der Waals surface area contributed by atoms with E-state index in [9.17, 15) is 0 Å². The predicted octanol–water partition coefficient (Wildman–Crippen LogP) is 4.38. The van der Waals surface area contributed by atoms with Gasteiger partial charge in [0.1, 0.15) is 0 Å². The maximum Gasteiger partial charge on any atom is 0.211 e. The molecule has 0 aliphatic carbocycles. The molecule has 0 unspecified atom stereocenters. The summed E-state index contributed by atoms with van der Waals surface area (Å²) in [5.74, 6) is 0.973. The maximum absolute atomic E-state index is 6.19. The van der Waals surface area contributed by atoms with Gasteiger partial charge in [-0.15, -0.1) is 0 Å². The molecule has 5 heteroatoms. The molecule has 118 valence electrons. The van der Waals surface area contributed by atoms with E-state index in [0.717, 1.165) is 53.6 Å². The van der Waals surface area contributed by atoms with Gasteiger partial charge in [-0.25, -0.2) is 4.98 Å². The number of aryl methyl sites for hydroxylation is 2. The van der Waals surface area contributed by atoms with Crippen molar-refractivity contribution >= 4 is 40.0 Å². The Morgan fingerprint density at radius 2 is 2.09 bits per heavy atom. The van der Waals surface area contributed by atoms with Crippen molar-refractivity contribution in [2.45, 2.75) is 26.3 Å². The first-order valence-corrected chi connectivity index (χ1v) is 8.37. The summed E-state index contributed by atoms with van der Waals surface area (Å²) in [6.07, 6.45) is 2.01. The summed E-state index contributed by atoms with van der Waals surface area (Å²) in [5.41, 5.74) is 11.4. The molecule has 1 aliphatic rings. The molecule has 0 amide bonds. The minimum absolute atomic E-state index is 0.778. The number of benzene rings is 2. The molecule has 4 rings (SSSR count). The van der Waals surface area contributed by atoms with Crippen LogP contribution in [0.1, 0.15) is 18.9 Å². The third-order valence-corrected chi connectivity index (χ3v) is 4.73. The van der Waals surface area contributed by atoms with Crippen molar-refractivity contribution in [3.8, 4) is 0 Å². The number of rotatable bonds is 2. The molecule has 0 saturated heterocycles. The van der Waals surface area contributed by atoms with Gasteiger partial charge in [0, 0.05) is 23.8 Å². The number of para-hydroxylation sites is 1. The number of nitrogens with two attached hydrogens (primary N) is 1. The van der Waals surface area contributed by atoms with Gasteiger partial charge in [0.2, 0.25) is 5.95 Å². The Balaban J connectivity index is 1.92. The number of aromatic nitrogens is 2. The van der Waals surface area contributed by atoms with E-state index >= 15 is 0 Å². The van der Waals surface area contributed by atoms with E-state index in [1.807, 2.05) is 30.3 Å². The molecule has 0 spiro atoms. The van der Waals surface area contributed by atoms with Crippen LogP contribution in [0, 0.1) is 0 Å². The van der Waals surface area contributed by atoms with Crippen LogP contribution in [0.25, 0.3) is 11.0 Å². The van der Waals surface area contributed by atoms with Gasteiger partial charge in [-0.05, 0) is 48.7 Å². The largest absolute Gasteiger partial charge is 0.397 e. The quantitative estimate of drug-likeness (QED) is 0.711. The highest BCUT2D eigenvalue weighted by Crippen LogP contribution is 2.36. The van der Waals surface area contributed by atoms with Gasteiger partial charge in [-0.2, -0.15) is 0 Å². The van der Waals surface area contributed by atoms with Crippen molar-refractivity contribution < 1.29 is 0 Å². The van der Waals surface area contributed by atoms with Gasteiger partial charge < -0.3 is 15.2 Å². The predicted molar refractivity (Wildman–Crippen MR) is 96.6 cm³/mol. The number of nitrogen functional groups attached to an aromatic ring is 1. The molecule has 2 N–H and O–H groups in total. The Hall–Kier alpha value is -2.20. The van der Waals surface area contributed by atoms with Crippen LogP contribution in [0.2, 0.25) is 5.02 Å². The van der Waals surface area contributed by atoms with Gasteiger partial charge in [0.05, 0.1) is 16.7 Å². The zero-order valence-electron chi connectivity index (χ0n) is 13.1. The van der Waals surface area contributed by atoms with E-state index in [4.69, 9.17) is 22.3 Å². The highest BCUT2D eigenvalue weighted by atomic mass is 35.5. The Morgan fingerprint density at radius 1 is 1.22 bits per heavy atom. The third kappa shape index (κ3) is 2.25. The topological polar surface area (TPSA) is 47.1 Å². The number of imidazole rings is 1. The lowest BCUT2D eigenvalue weighted by Gasteiger charge is -2.31. The Kier molecular flexibility index (Phi) is 3.42. The number of hydrogen-bond acceptors (Lipinski definition) is 3. The van der Waals surface area contributed by atoms with Crippen molar-refractivity contribution in [2.24, 2.45) is 0 Å². The van der Waals surface area contributed by atoms with E-state index in [2.05, 4.69) is 22.5 Å². The van der Waals surface area contributed by atoms with Gasteiger partial charge in [0.15, 0.2) is 0 Å². The first-order valence-electron chi connectivity index (χ1n) is 7.99. The maximum atomic E-state index is 6.19. The number of halogens is 1. The average molecular weight is 327 g/mol. The second-order valence-corrected chi connectivity index (χ2v) is 6.35. The fourth-order valence-electron chi connectivity index (χ4n) is 3.43. The summed E-state index contributed by atoms with van der Waals surface area (Å²) in [4.78, 5) is 7.14. The zero-order valence-corrected chi connectivity index (χ0v) is 13.8. The summed E-state index contributed by atoms with van der Waals surface area (Å²) in [6.45, 7) is 4.06. The van der Waals surface area contributed by atoms with E-state index < -0.39 is 0 Å². The second kappa shape index (κ2) is 5.46. The number of nitrogens with zero attached hydrogens (tertiary/aromatic N) is 3. The van der Waals surface area contributed by atoms with Crippen LogP contribution in [-0.4, -0.2) is 16.1 Å². The molecule has 0 saturated carbocycles. The van der Waals surface area contributed by atoms with Crippen LogP contribution in [0.15, 0.2) is 36.4 Å². The highest BCUT2D eigenvalue weighted by Gasteiger charge is 2.24. The summed E-state index contributed by atoms with van der Waals surface area (Å²) >= 11 is 6.16. The van der Waals surface area contributed by atoms with Crippen LogP contribution in [0.3, 0.4) is 0 Å². The second-order valence-electron chi connectivity index (χ2n) is 5.91. The molecule has 23 heavy (non-hydrogen) atoms. The molecule has 0 atom stereocenters. The smallest absolute Gasteiger partial charge is 0.211 e. The van der Waals surface area contributed by atoms with Crippen LogP contribution in [0.4, 0.5) is 17.3 Å². The van der Waals surface area contributed by atoms with E-state index in [0.29, 0.717) is 0 Å². The summed E-state index contributed by atoms with van der Waals surface area (Å²) in [7, 11) is 0. The van der Waals surface area contributed by atoms with Gasteiger partial charge in [-0.3, -0.25) is 0 Å². The van der Waals surface area contributed by atoms with Gasteiger partial charge in [0.25, 0.3) is 0 Å². The van der Waals surface area contributed by atoms with E-state index in [-0.39, 0.29) is 0 Å². The summed E-state index contributed by atoms with van der Waals surface area (Å²) in [6, 6.07) is 12.0. The lowest BCUT2D eigenvalue weighted by molar-refractivity contribution is 0.603. The van der Waals surface area contributed by atoms with Gasteiger partial charge in [-0.1, -0.05) is 24.6 Å². The van der Waals surface area contributed by atoms with E-state index in [1.54, 1.807) is 0 Å². The molecular formula is C18H19ClN4. The van der Waals surface area contributed by atoms with Crippen molar-refractivity contribution in [3.05, 3.63) is 47.0 Å². The number of fused-ring (bicyclic) bond motifs is 3. The molecule has 2 aromatic carbocycles. The highest BCUT2D eigenvalue weighted by molar-refractivity contribution is 6.30. The molecule has 2 heterocycles. The van der Waals surface area contributed by atoms with Crippen LogP contribution >= 0.6 is 11.6 Å². The number of anilines is 3. The standard InChI is InChI=1S/C18H19ClN4/c1-2-12-11-13(19)7-8-16(12)22-9-4-10-23-17-14(20)5-3-6-15(17)21-18(22)23/h3,5-8,11H,2,4,9-10,20H2,1H3. The minimum Gasteiger partial charge on any atom is -0.397 e. The van der Waals surface area contributed by atoms with Crippen molar-refractivity contribution in [2.75, 3.05) is 17.2 Å². The fourth-order valence-corrected chi connectivity index (χ4v) is 3.63. The van der Waals surface area contributed by atoms with Crippen molar-refractivity contribution in [1.82, 2.24) is 9.55 Å². The van der Waals surface area contributed by atoms with Crippen LogP contribution < -0.4 is 10.6 Å². The minimum atomic E-state index is 0.778. The van der Waals surface area contributed by atoms with Crippen molar-refractivity contribution in [1.29, 1.82) is 0 Å². The van der Waals surface area contributed by atoms with Crippen molar-refractivity contribution in [3.63, 3.8) is 0 Å². The lowest BCUT2D eigenvalue weighted by Crippen LogP contribution is -2.29. The summed E-state index contributed by atoms with van der Waals surface area (Å²) < 4.78 is 2.24.